The van der Waals surface area contributed by atoms with Gasteiger partial charge in [0.2, 0.25) is 0 Å². The molecule has 0 aliphatic carbocycles. The van der Waals surface area contributed by atoms with E-state index in [-0.39, 0.29) is 12.2 Å². The average Bonchev–Trinajstić information content (AvgIpc) is 2.54. The maximum Gasteiger partial charge on any atom is 0.276 e. The van der Waals surface area contributed by atoms with Crippen molar-refractivity contribution in [1.29, 1.82) is 0 Å². The first-order valence-corrected chi connectivity index (χ1v) is 7.08. The minimum atomic E-state index is -0.630. The number of hydrogen-bond donors (Lipinski definition) is 2. The maximum atomic E-state index is 13.4. The standard InChI is InChI=1S/C16H14ClFN2O3/c1-10-6-7-11(8-13(10)18)16(22)20-19-15(21)9-23-14-5-3-2-4-12(14)17/h2-8H,9H2,1H3,(H,19,21)(H,20,22). The molecule has 2 rings (SSSR count). The van der Waals surface area contributed by atoms with Crippen LogP contribution in [0, 0.1) is 12.7 Å². The van der Waals surface area contributed by atoms with Crippen LogP contribution in [-0.4, -0.2) is 18.4 Å². The van der Waals surface area contributed by atoms with E-state index < -0.39 is 17.6 Å². The van der Waals surface area contributed by atoms with E-state index in [1.54, 1.807) is 31.2 Å². The molecule has 0 aromatic heterocycles. The van der Waals surface area contributed by atoms with Crippen LogP contribution >= 0.6 is 11.6 Å². The van der Waals surface area contributed by atoms with Gasteiger partial charge in [0, 0.05) is 5.56 Å². The maximum absolute atomic E-state index is 13.4. The molecule has 0 radical (unpaired) electrons. The van der Waals surface area contributed by atoms with Crippen LogP contribution in [0.15, 0.2) is 42.5 Å². The van der Waals surface area contributed by atoms with Gasteiger partial charge in [-0.2, -0.15) is 0 Å². The van der Waals surface area contributed by atoms with Crippen LogP contribution in [-0.2, 0) is 4.79 Å². The first-order chi connectivity index (χ1) is 11.0. The third-order valence-corrected chi connectivity index (χ3v) is 3.26. The largest absolute Gasteiger partial charge is 0.482 e. The van der Waals surface area contributed by atoms with Gasteiger partial charge in [0.25, 0.3) is 11.8 Å². The number of carbonyl (C=O) groups is 2. The molecule has 7 heteroatoms. The van der Waals surface area contributed by atoms with E-state index in [1.165, 1.54) is 12.1 Å². The monoisotopic (exact) mass is 336 g/mol. The first-order valence-electron chi connectivity index (χ1n) is 6.70. The number of nitrogens with one attached hydrogen (secondary N) is 2. The summed E-state index contributed by atoms with van der Waals surface area (Å²) in [5.41, 5.74) is 4.88. The lowest BCUT2D eigenvalue weighted by atomic mass is 10.1. The highest BCUT2D eigenvalue weighted by atomic mass is 35.5. The second kappa shape index (κ2) is 7.60. The number of para-hydroxylation sites is 1. The molecule has 2 N–H and O–H groups in total. The highest BCUT2D eigenvalue weighted by Crippen LogP contribution is 2.22. The predicted octanol–water partition coefficient (Wildman–Crippen LogP) is 2.63. The second-order valence-electron chi connectivity index (χ2n) is 4.69. The van der Waals surface area contributed by atoms with Crippen LogP contribution in [0.4, 0.5) is 4.39 Å². The molecule has 23 heavy (non-hydrogen) atoms. The summed E-state index contributed by atoms with van der Waals surface area (Å²) in [7, 11) is 0. The zero-order valence-corrected chi connectivity index (χ0v) is 13.0. The summed E-state index contributed by atoms with van der Waals surface area (Å²) in [5.74, 6) is -1.34. The highest BCUT2D eigenvalue weighted by molar-refractivity contribution is 6.32. The summed E-state index contributed by atoms with van der Waals surface area (Å²) >= 11 is 5.88. The molecule has 2 amide bonds. The van der Waals surface area contributed by atoms with Gasteiger partial charge in [-0.25, -0.2) is 4.39 Å². The van der Waals surface area contributed by atoms with Crippen LogP contribution in [0.3, 0.4) is 0 Å². The summed E-state index contributed by atoms with van der Waals surface area (Å²) in [6.07, 6.45) is 0. The van der Waals surface area contributed by atoms with Crippen LogP contribution in [0.25, 0.3) is 0 Å². The van der Waals surface area contributed by atoms with E-state index in [9.17, 15) is 14.0 Å². The molecule has 0 bridgehead atoms. The molecule has 2 aromatic carbocycles. The lowest BCUT2D eigenvalue weighted by Crippen LogP contribution is -2.43. The average molecular weight is 337 g/mol. The molecule has 0 unspecified atom stereocenters. The van der Waals surface area contributed by atoms with Gasteiger partial charge in [0.15, 0.2) is 6.61 Å². The smallest absolute Gasteiger partial charge is 0.276 e. The van der Waals surface area contributed by atoms with Crippen molar-refractivity contribution in [3.63, 3.8) is 0 Å². The van der Waals surface area contributed by atoms with Gasteiger partial charge in [-0.3, -0.25) is 20.4 Å². The molecule has 5 nitrogen and oxygen atoms in total. The van der Waals surface area contributed by atoms with E-state index >= 15 is 0 Å². The number of hydrogen-bond acceptors (Lipinski definition) is 3. The van der Waals surface area contributed by atoms with Crippen LogP contribution < -0.4 is 15.6 Å². The minimum absolute atomic E-state index is 0.0976. The van der Waals surface area contributed by atoms with Crippen molar-refractivity contribution >= 4 is 23.4 Å². The normalized spacial score (nSPS) is 10.0. The van der Waals surface area contributed by atoms with Gasteiger partial charge in [0.1, 0.15) is 11.6 Å². The number of benzene rings is 2. The molecule has 2 aromatic rings. The fraction of sp³-hybridized carbons (Fsp3) is 0.125. The third-order valence-electron chi connectivity index (χ3n) is 2.94. The van der Waals surface area contributed by atoms with Crippen molar-refractivity contribution in [3.8, 4) is 5.75 Å². The summed E-state index contributed by atoms with van der Waals surface area (Å²) in [5, 5.41) is 0.375. The third kappa shape index (κ3) is 4.69. The predicted molar refractivity (Wildman–Crippen MR) is 83.7 cm³/mol. The van der Waals surface area contributed by atoms with Crippen molar-refractivity contribution in [2.24, 2.45) is 0 Å². The highest BCUT2D eigenvalue weighted by Gasteiger charge is 2.10. The van der Waals surface area contributed by atoms with Crippen molar-refractivity contribution in [3.05, 3.63) is 64.4 Å². The Bertz CT molecular complexity index is 737. The van der Waals surface area contributed by atoms with Gasteiger partial charge < -0.3 is 4.74 Å². The SMILES string of the molecule is Cc1ccc(C(=O)NNC(=O)COc2ccccc2Cl)cc1F. The number of carbonyl (C=O) groups excluding carboxylic acids is 2. The van der Waals surface area contributed by atoms with E-state index in [4.69, 9.17) is 16.3 Å². The summed E-state index contributed by atoms with van der Waals surface area (Å²) in [6, 6.07) is 10.7. The lowest BCUT2D eigenvalue weighted by Gasteiger charge is -2.10. The second-order valence-corrected chi connectivity index (χ2v) is 5.09. The number of aryl methyl sites for hydroxylation is 1. The molecule has 0 heterocycles. The Morgan fingerprint density at radius 1 is 1.17 bits per heavy atom. The minimum Gasteiger partial charge on any atom is -0.482 e. The first kappa shape index (κ1) is 16.8. The Kier molecular flexibility index (Phi) is 5.54. The van der Waals surface area contributed by atoms with E-state index in [2.05, 4.69) is 10.9 Å². The van der Waals surface area contributed by atoms with Gasteiger partial charge >= 0.3 is 0 Å². The van der Waals surface area contributed by atoms with E-state index in [0.717, 1.165) is 6.07 Å². The Morgan fingerprint density at radius 3 is 2.61 bits per heavy atom. The Hall–Kier alpha value is -2.60. The summed E-state index contributed by atoms with van der Waals surface area (Å²) in [4.78, 5) is 23.4. The number of ether oxygens (including phenoxy) is 1. The van der Waals surface area contributed by atoms with Gasteiger partial charge in [-0.15, -0.1) is 0 Å². The van der Waals surface area contributed by atoms with Crippen LogP contribution in [0.5, 0.6) is 5.75 Å². The fourth-order valence-corrected chi connectivity index (χ4v) is 1.86. The number of rotatable bonds is 4. The Balaban J connectivity index is 1.83. The Morgan fingerprint density at radius 2 is 1.91 bits per heavy atom. The van der Waals surface area contributed by atoms with Gasteiger partial charge in [0.05, 0.1) is 5.02 Å². The molecular formula is C16H14ClFN2O3. The molecule has 0 aliphatic rings. The molecule has 0 saturated carbocycles. The van der Waals surface area contributed by atoms with Crippen molar-refractivity contribution in [2.45, 2.75) is 6.92 Å². The van der Waals surface area contributed by atoms with Crippen LogP contribution in [0.2, 0.25) is 5.02 Å². The molecule has 0 saturated heterocycles. The van der Waals surface area contributed by atoms with E-state index in [1.807, 2.05) is 0 Å². The number of halogens is 2. The number of amides is 2. The van der Waals surface area contributed by atoms with Gasteiger partial charge in [-0.1, -0.05) is 29.8 Å². The van der Waals surface area contributed by atoms with Crippen molar-refractivity contribution in [2.75, 3.05) is 6.61 Å². The molecule has 0 atom stereocenters. The summed E-state index contributed by atoms with van der Waals surface area (Å²) < 4.78 is 18.6. The zero-order chi connectivity index (χ0) is 16.8. The molecule has 0 spiro atoms. The molecule has 120 valence electrons. The zero-order valence-electron chi connectivity index (χ0n) is 12.2. The van der Waals surface area contributed by atoms with Crippen LogP contribution in [0.1, 0.15) is 15.9 Å². The molecule has 0 aliphatic heterocycles. The lowest BCUT2D eigenvalue weighted by molar-refractivity contribution is -0.123. The van der Waals surface area contributed by atoms with E-state index in [0.29, 0.717) is 16.3 Å². The molecular weight excluding hydrogens is 323 g/mol. The fourth-order valence-electron chi connectivity index (χ4n) is 1.67. The molecule has 0 fully saturated rings. The van der Waals surface area contributed by atoms with Crippen molar-refractivity contribution < 1.29 is 18.7 Å². The summed E-state index contributed by atoms with van der Waals surface area (Å²) in [6.45, 7) is 1.26. The number of hydrazine groups is 1. The topological polar surface area (TPSA) is 67.4 Å². The Labute approximate surface area is 137 Å². The van der Waals surface area contributed by atoms with Gasteiger partial charge in [-0.05, 0) is 36.8 Å². The quantitative estimate of drug-likeness (QED) is 0.843. The van der Waals surface area contributed by atoms with Crippen molar-refractivity contribution in [1.82, 2.24) is 10.9 Å².